The summed E-state index contributed by atoms with van der Waals surface area (Å²) in [5.74, 6) is -0.287. The molecule has 0 heterocycles. The second kappa shape index (κ2) is 6.95. The Morgan fingerprint density at radius 3 is 2.83 bits per heavy atom. The van der Waals surface area contributed by atoms with Crippen LogP contribution < -0.4 is 16.8 Å². The Hall–Kier alpha value is -2.50. The van der Waals surface area contributed by atoms with Gasteiger partial charge in [0.05, 0.1) is 6.54 Å². The van der Waals surface area contributed by atoms with E-state index >= 15 is 0 Å². The number of nitrogens with one attached hydrogen (secondary N) is 1. The summed E-state index contributed by atoms with van der Waals surface area (Å²) in [5.41, 5.74) is 11.8. The summed E-state index contributed by atoms with van der Waals surface area (Å²) in [5, 5.41) is 2.53. The predicted octanol–water partition coefficient (Wildman–Crippen LogP) is 0.493. The molecule has 5 N–H and O–H groups in total. The van der Waals surface area contributed by atoms with Crippen molar-refractivity contribution in [1.29, 1.82) is 0 Å². The smallest absolute Gasteiger partial charge is 0.404 e. The molecule has 1 rings (SSSR count). The number of benzene rings is 1. The predicted molar refractivity (Wildman–Crippen MR) is 68.4 cm³/mol. The first-order valence-corrected chi connectivity index (χ1v) is 5.31. The molecular weight excluding hydrogens is 234 g/mol. The van der Waals surface area contributed by atoms with E-state index in [4.69, 9.17) is 11.5 Å². The van der Waals surface area contributed by atoms with Crippen LogP contribution in [0.25, 0.3) is 6.08 Å². The zero-order valence-corrected chi connectivity index (χ0v) is 9.76. The van der Waals surface area contributed by atoms with Crippen LogP contribution in [0.5, 0.6) is 0 Å². The Morgan fingerprint density at radius 2 is 2.17 bits per heavy atom. The Kier molecular flexibility index (Phi) is 5.24. The van der Waals surface area contributed by atoms with Gasteiger partial charge in [0.2, 0.25) is 5.91 Å². The molecule has 1 aromatic rings. The van der Waals surface area contributed by atoms with Crippen LogP contribution in [-0.4, -0.2) is 25.2 Å². The maximum absolute atomic E-state index is 11.3. The fourth-order valence-corrected chi connectivity index (χ4v) is 1.22. The lowest BCUT2D eigenvalue weighted by Crippen LogP contribution is -2.27. The van der Waals surface area contributed by atoms with Gasteiger partial charge in [-0.05, 0) is 23.8 Å². The van der Waals surface area contributed by atoms with Gasteiger partial charge in [-0.1, -0.05) is 12.1 Å². The van der Waals surface area contributed by atoms with Crippen molar-refractivity contribution in [1.82, 2.24) is 5.32 Å². The van der Waals surface area contributed by atoms with Crippen LogP contribution in [0.15, 0.2) is 30.3 Å². The summed E-state index contributed by atoms with van der Waals surface area (Å²) < 4.78 is 4.45. The van der Waals surface area contributed by atoms with Gasteiger partial charge in [-0.3, -0.25) is 4.79 Å². The Balaban J connectivity index is 2.33. The SMILES string of the molecule is NC(=O)OCCNC(=O)/C=C/c1cccc(N)c1. The van der Waals surface area contributed by atoms with E-state index in [1.165, 1.54) is 6.08 Å². The van der Waals surface area contributed by atoms with Crippen molar-refractivity contribution in [2.45, 2.75) is 0 Å². The summed E-state index contributed by atoms with van der Waals surface area (Å²) in [6.07, 6.45) is 2.15. The molecule has 1 aromatic carbocycles. The summed E-state index contributed by atoms with van der Waals surface area (Å²) in [4.78, 5) is 21.6. The molecule has 0 fully saturated rings. The molecule has 0 saturated carbocycles. The van der Waals surface area contributed by atoms with Crippen molar-refractivity contribution in [3.63, 3.8) is 0 Å². The molecule has 0 unspecified atom stereocenters. The maximum atomic E-state index is 11.3. The van der Waals surface area contributed by atoms with Crippen LogP contribution in [0.1, 0.15) is 5.56 Å². The molecule has 0 aromatic heterocycles. The van der Waals surface area contributed by atoms with E-state index in [0.29, 0.717) is 5.69 Å². The third kappa shape index (κ3) is 5.55. The second-order valence-corrected chi connectivity index (χ2v) is 3.46. The molecule has 6 heteroatoms. The number of hydrogen-bond donors (Lipinski definition) is 3. The van der Waals surface area contributed by atoms with Crippen LogP contribution >= 0.6 is 0 Å². The first kappa shape index (κ1) is 13.6. The fraction of sp³-hybridized carbons (Fsp3) is 0.167. The van der Waals surface area contributed by atoms with Gasteiger partial charge >= 0.3 is 6.09 Å². The number of rotatable bonds is 5. The zero-order valence-electron chi connectivity index (χ0n) is 9.76. The molecule has 0 aliphatic heterocycles. The van der Waals surface area contributed by atoms with Crippen LogP contribution in [0, 0.1) is 0 Å². The van der Waals surface area contributed by atoms with E-state index in [9.17, 15) is 9.59 Å². The second-order valence-electron chi connectivity index (χ2n) is 3.46. The van der Waals surface area contributed by atoms with E-state index < -0.39 is 6.09 Å². The number of anilines is 1. The highest BCUT2D eigenvalue weighted by Gasteiger charge is 1.97. The standard InChI is InChI=1S/C12H15N3O3/c13-10-3-1-2-9(8-10)4-5-11(16)15-6-7-18-12(14)17/h1-5,8H,6-7,13H2,(H2,14,17)(H,15,16)/b5-4+. The summed E-state index contributed by atoms with van der Waals surface area (Å²) in [6.45, 7) is 0.260. The molecular formula is C12H15N3O3. The minimum absolute atomic E-state index is 0.0488. The minimum atomic E-state index is -0.862. The fourth-order valence-electron chi connectivity index (χ4n) is 1.22. The molecule has 0 saturated heterocycles. The number of amides is 2. The quantitative estimate of drug-likeness (QED) is 0.401. The number of nitrogen functional groups attached to an aromatic ring is 1. The lowest BCUT2D eigenvalue weighted by molar-refractivity contribution is -0.116. The largest absolute Gasteiger partial charge is 0.448 e. The Morgan fingerprint density at radius 1 is 1.39 bits per heavy atom. The van der Waals surface area contributed by atoms with Crippen molar-refractivity contribution in [2.75, 3.05) is 18.9 Å². The highest BCUT2D eigenvalue weighted by atomic mass is 16.5. The summed E-state index contributed by atoms with van der Waals surface area (Å²) in [6, 6.07) is 7.14. The average molecular weight is 249 g/mol. The number of ether oxygens (including phenoxy) is 1. The van der Waals surface area contributed by atoms with E-state index in [-0.39, 0.29) is 19.1 Å². The van der Waals surface area contributed by atoms with Crippen molar-refractivity contribution in [2.24, 2.45) is 5.73 Å². The Labute approximate surface area is 105 Å². The lowest BCUT2D eigenvalue weighted by Gasteiger charge is -2.02. The number of carbonyl (C=O) groups is 2. The highest BCUT2D eigenvalue weighted by molar-refractivity contribution is 5.91. The van der Waals surface area contributed by atoms with Crippen molar-refractivity contribution >= 4 is 23.8 Å². The monoisotopic (exact) mass is 249 g/mol. The first-order valence-electron chi connectivity index (χ1n) is 5.31. The van der Waals surface area contributed by atoms with Gasteiger partial charge in [-0.2, -0.15) is 0 Å². The normalized spacial score (nSPS) is 10.2. The molecule has 0 aliphatic rings. The maximum Gasteiger partial charge on any atom is 0.404 e. The van der Waals surface area contributed by atoms with Gasteiger partial charge in [0.15, 0.2) is 0 Å². The first-order chi connectivity index (χ1) is 8.58. The number of carbonyl (C=O) groups excluding carboxylic acids is 2. The van der Waals surface area contributed by atoms with Gasteiger partial charge in [0, 0.05) is 11.8 Å². The molecule has 0 atom stereocenters. The lowest BCUT2D eigenvalue weighted by atomic mass is 10.2. The molecule has 0 radical (unpaired) electrons. The van der Waals surface area contributed by atoms with Crippen LogP contribution in [0.4, 0.5) is 10.5 Å². The van der Waals surface area contributed by atoms with Gasteiger partial charge in [0.25, 0.3) is 0 Å². The van der Waals surface area contributed by atoms with Gasteiger partial charge < -0.3 is 21.5 Å². The average Bonchev–Trinajstić information content (AvgIpc) is 2.32. The number of nitrogens with two attached hydrogens (primary N) is 2. The van der Waals surface area contributed by atoms with Crippen LogP contribution in [0.3, 0.4) is 0 Å². The van der Waals surface area contributed by atoms with Crippen molar-refractivity contribution < 1.29 is 14.3 Å². The molecule has 18 heavy (non-hydrogen) atoms. The van der Waals surface area contributed by atoms with Gasteiger partial charge in [0.1, 0.15) is 6.61 Å². The van der Waals surface area contributed by atoms with Crippen molar-refractivity contribution in [3.05, 3.63) is 35.9 Å². The van der Waals surface area contributed by atoms with Gasteiger partial charge in [-0.25, -0.2) is 4.79 Å². The topological polar surface area (TPSA) is 107 Å². The molecule has 0 bridgehead atoms. The van der Waals surface area contributed by atoms with Crippen LogP contribution in [-0.2, 0) is 9.53 Å². The molecule has 6 nitrogen and oxygen atoms in total. The van der Waals surface area contributed by atoms with E-state index in [1.54, 1.807) is 24.3 Å². The number of primary amides is 1. The van der Waals surface area contributed by atoms with E-state index in [0.717, 1.165) is 5.56 Å². The van der Waals surface area contributed by atoms with Crippen molar-refractivity contribution in [3.8, 4) is 0 Å². The molecule has 0 aliphatic carbocycles. The summed E-state index contributed by atoms with van der Waals surface area (Å²) in [7, 11) is 0. The minimum Gasteiger partial charge on any atom is -0.448 e. The third-order valence-electron chi connectivity index (χ3n) is 1.98. The number of hydrogen-bond acceptors (Lipinski definition) is 4. The van der Waals surface area contributed by atoms with Crippen LogP contribution in [0.2, 0.25) is 0 Å². The third-order valence-corrected chi connectivity index (χ3v) is 1.98. The molecule has 96 valence electrons. The molecule has 2 amide bonds. The highest BCUT2D eigenvalue weighted by Crippen LogP contribution is 2.07. The Bertz CT molecular complexity index is 458. The van der Waals surface area contributed by atoms with E-state index in [2.05, 4.69) is 10.1 Å². The van der Waals surface area contributed by atoms with E-state index in [1.807, 2.05) is 6.07 Å². The molecule has 0 spiro atoms. The zero-order chi connectivity index (χ0) is 13.4. The summed E-state index contributed by atoms with van der Waals surface area (Å²) >= 11 is 0. The van der Waals surface area contributed by atoms with Gasteiger partial charge in [-0.15, -0.1) is 0 Å².